The molecule has 3 aromatic rings. The zero-order valence-electron chi connectivity index (χ0n) is 14.1. The summed E-state index contributed by atoms with van der Waals surface area (Å²) in [7, 11) is 1.58. The van der Waals surface area contributed by atoms with Crippen LogP contribution in [0.15, 0.2) is 53.3 Å². The van der Waals surface area contributed by atoms with Crippen LogP contribution in [-0.2, 0) is 0 Å². The number of amides is 1. The van der Waals surface area contributed by atoms with Gasteiger partial charge < -0.3 is 20.4 Å². The fourth-order valence-corrected chi connectivity index (χ4v) is 2.76. The summed E-state index contributed by atoms with van der Waals surface area (Å²) in [6, 6.07) is 13.9. The highest BCUT2D eigenvalue weighted by molar-refractivity contribution is 6.08. The molecule has 0 aliphatic carbocycles. The third kappa shape index (κ3) is 3.06. The van der Waals surface area contributed by atoms with E-state index in [0.29, 0.717) is 34.6 Å². The third-order valence-electron chi connectivity index (χ3n) is 4.10. The fraction of sp³-hybridized carbons (Fsp3) is 0.158. The highest BCUT2D eigenvalue weighted by atomic mass is 16.5. The average molecular weight is 337 g/mol. The number of hydrogen-bond donors (Lipinski definition) is 2. The second kappa shape index (κ2) is 6.68. The molecule has 6 heteroatoms. The van der Waals surface area contributed by atoms with Crippen molar-refractivity contribution in [2.75, 3.05) is 24.3 Å². The van der Waals surface area contributed by atoms with Gasteiger partial charge in [-0.15, -0.1) is 0 Å². The van der Waals surface area contributed by atoms with Gasteiger partial charge in [0, 0.05) is 23.3 Å². The van der Waals surface area contributed by atoms with Crippen molar-refractivity contribution >= 4 is 28.2 Å². The summed E-state index contributed by atoms with van der Waals surface area (Å²) < 4.78 is 5.14. The molecule has 1 amide bonds. The molecule has 0 radical (unpaired) electrons. The maximum Gasteiger partial charge on any atom is 0.263 e. The van der Waals surface area contributed by atoms with Crippen LogP contribution in [0.4, 0.5) is 11.4 Å². The molecule has 3 rings (SSSR count). The van der Waals surface area contributed by atoms with E-state index in [0.717, 1.165) is 0 Å². The minimum atomic E-state index is -0.435. The number of aromatic amines is 1. The maximum absolute atomic E-state index is 12.9. The van der Waals surface area contributed by atoms with Gasteiger partial charge in [-0.1, -0.05) is 6.07 Å². The van der Waals surface area contributed by atoms with Crippen molar-refractivity contribution in [3.63, 3.8) is 0 Å². The molecule has 0 saturated heterocycles. The molecule has 0 atom stereocenters. The number of nitrogens with zero attached hydrogens (tertiary/aromatic N) is 1. The van der Waals surface area contributed by atoms with Crippen LogP contribution in [0, 0.1) is 0 Å². The molecule has 0 saturated carbocycles. The molecule has 25 heavy (non-hydrogen) atoms. The van der Waals surface area contributed by atoms with Crippen molar-refractivity contribution in [1.82, 2.24) is 4.98 Å². The van der Waals surface area contributed by atoms with E-state index in [1.807, 2.05) is 6.92 Å². The minimum absolute atomic E-state index is 0.0584. The first-order chi connectivity index (χ1) is 12.0. The number of hydrogen-bond acceptors (Lipinski definition) is 4. The number of nitrogen functional groups attached to an aromatic ring is 1. The zero-order valence-corrected chi connectivity index (χ0v) is 14.1. The van der Waals surface area contributed by atoms with Crippen LogP contribution in [0.2, 0.25) is 0 Å². The van der Waals surface area contributed by atoms with Crippen LogP contribution in [0.25, 0.3) is 10.9 Å². The lowest BCUT2D eigenvalue weighted by Crippen LogP contribution is -2.34. The molecule has 0 aliphatic rings. The van der Waals surface area contributed by atoms with Crippen LogP contribution in [-0.4, -0.2) is 24.5 Å². The monoisotopic (exact) mass is 337 g/mol. The van der Waals surface area contributed by atoms with Gasteiger partial charge in [-0.3, -0.25) is 9.59 Å². The second-order valence-corrected chi connectivity index (χ2v) is 5.57. The number of carbonyl (C=O) groups excluding carboxylic acids is 1. The normalized spacial score (nSPS) is 10.6. The molecule has 0 aliphatic heterocycles. The predicted octanol–water partition coefficient (Wildman–Crippen LogP) is 2.79. The fourth-order valence-electron chi connectivity index (χ4n) is 2.76. The number of anilines is 2. The van der Waals surface area contributed by atoms with Crippen LogP contribution in [0.5, 0.6) is 5.75 Å². The van der Waals surface area contributed by atoms with E-state index in [9.17, 15) is 9.59 Å². The lowest BCUT2D eigenvalue weighted by molar-refractivity contribution is 0.0987. The van der Waals surface area contributed by atoms with Gasteiger partial charge in [0.25, 0.3) is 11.5 Å². The number of benzene rings is 2. The number of methoxy groups -OCH3 is 1. The Labute approximate surface area is 144 Å². The third-order valence-corrected chi connectivity index (χ3v) is 4.10. The largest absolute Gasteiger partial charge is 0.497 e. The number of pyridine rings is 1. The molecule has 2 aromatic carbocycles. The summed E-state index contributed by atoms with van der Waals surface area (Å²) in [5, 5.41) is 0.649. The number of carbonyl (C=O) groups is 1. The number of H-pyrrole nitrogens is 1. The number of ether oxygens (including phenoxy) is 1. The highest BCUT2D eigenvalue weighted by Gasteiger charge is 2.20. The molecule has 128 valence electrons. The summed E-state index contributed by atoms with van der Waals surface area (Å²) in [5.41, 5.74) is 7.39. The SMILES string of the molecule is CCN(C(=O)c1cc2c(N)cccc2[nH]c1=O)c1ccc(OC)cc1. The summed E-state index contributed by atoms with van der Waals surface area (Å²) in [4.78, 5) is 29.6. The van der Waals surface area contributed by atoms with E-state index < -0.39 is 5.56 Å². The molecule has 0 unspecified atom stereocenters. The molecule has 0 bridgehead atoms. The maximum atomic E-state index is 12.9. The number of fused-ring (bicyclic) bond motifs is 1. The molecule has 1 heterocycles. The Balaban J connectivity index is 2.05. The second-order valence-electron chi connectivity index (χ2n) is 5.57. The standard InChI is InChI=1S/C19H19N3O3/c1-3-22(12-7-9-13(25-2)10-8-12)19(24)15-11-14-16(20)5-4-6-17(14)21-18(15)23/h4-11H,3,20H2,1-2H3,(H,21,23). The van der Waals surface area contributed by atoms with Gasteiger partial charge in [0.1, 0.15) is 11.3 Å². The van der Waals surface area contributed by atoms with E-state index in [4.69, 9.17) is 10.5 Å². The molecular formula is C19H19N3O3. The van der Waals surface area contributed by atoms with Gasteiger partial charge in [-0.05, 0) is 49.4 Å². The molecule has 3 N–H and O–H groups in total. The smallest absolute Gasteiger partial charge is 0.263 e. The Bertz CT molecular complexity index is 977. The van der Waals surface area contributed by atoms with Crippen LogP contribution >= 0.6 is 0 Å². The Morgan fingerprint density at radius 1 is 1.20 bits per heavy atom. The zero-order chi connectivity index (χ0) is 18.0. The summed E-state index contributed by atoms with van der Waals surface area (Å²) in [6.07, 6.45) is 0. The van der Waals surface area contributed by atoms with E-state index in [1.54, 1.807) is 55.6 Å². The summed E-state index contributed by atoms with van der Waals surface area (Å²) >= 11 is 0. The number of nitrogens with one attached hydrogen (secondary N) is 1. The van der Waals surface area contributed by atoms with Gasteiger partial charge >= 0.3 is 0 Å². The summed E-state index contributed by atoms with van der Waals surface area (Å²) in [5.74, 6) is 0.322. The topological polar surface area (TPSA) is 88.4 Å². The van der Waals surface area contributed by atoms with E-state index in [-0.39, 0.29) is 11.5 Å². The lowest BCUT2D eigenvalue weighted by atomic mass is 10.1. The van der Waals surface area contributed by atoms with Gasteiger partial charge in [0.2, 0.25) is 0 Å². The van der Waals surface area contributed by atoms with Gasteiger partial charge in [-0.25, -0.2) is 0 Å². The number of nitrogens with two attached hydrogens (primary N) is 1. The summed E-state index contributed by atoms with van der Waals surface area (Å²) in [6.45, 7) is 2.28. The van der Waals surface area contributed by atoms with Crippen molar-refractivity contribution in [2.45, 2.75) is 6.92 Å². The first-order valence-electron chi connectivity index (χ1n) is 7.92. The van der Waals surface area contributed by atoms with Crippen molar-refractivity contribution < 1.29 is 9.53 Å². The minimum Gasteiger partial charge on any atom is -0.497 e. The Morgan fingerprint density at radius 2 is 1.92 bits per heavy atom. The molecule has 0 spiro atoms. The molecule has 6 nitrogen and oxygen atoms in total. The van der Waals surface area contributed by atoms with E-state index in [2.05, 4.69) is 4.98 Å². The Kier molecular flexibility index (Phi) is 4.43. The van der Waals surface area contributed by atoms with E-state index in [1.165, 1.54) is 4.90 Å². The number of aromatic nitrogens is 1. The quantitative estimate of drug-likeness (QED) is 0.717. The van der Waals surface area contributed by atoms with Crippen LogP contribution in [0.1, 0.15) is 17.3 Å². The van der Waals surface area contributed by atoms with Crippen molar-refractivity contribution in [3.05, 3.63) is 64.4 Å². The Morgan fingerprint density at radius 3 is 2.56 bits per heavy atom. The average Bonchev–Trinajstić information content (AvgIpc) is 2.62. The molecule has 1 aromatic heterocycles. The molecule has 0 fully saturated rings. The van der Waals surface area contributed by atoms with Crippen LogP contribution in [0.3, 0.4) is 0 Å². The van der Waals surface area contributed by atoms with Gasteiger partial charge in [0.15, 0.2) is 0 Å². The van der Waals surface area contributed by atoms with Crippen molar-refractivity contribution in [1.29, 1.82) is 0 Å². The van der Waals surface area contributed by atoms with E-state index >= 15 is 0 Å². The van der Waals surface area contributed by atoms with Gasteiger partial charge in [0.05, 0.1) is 12.6 Å². The lowest BCUT2D eigenvalue weighted by Gasteiger charge is -2.21. The van der Waals surface area contributed by atoms with Crippen molar-refractivity contribution in [3.8, 4) is 5.75 Å². The number of rotatable bonds is 4. The predicted molar refractivity (Wildman–Crippen MR) is 99.3 cm³/mol. The van der Waals surface area contributed by atoms with Gasteiger partial charge in [-0.2, -0.15) is 0 Å². The Hall–Kier alpha value is -3.28. The first-order valence-corrected chi connectivity index (χ1v) is 7.92. The van der Waals surface area contributed by atoms with Crippen molar-refractivity contribution in [2.24, 2.45) is 0 Å². The first kappa shape index (κ1) is 16.6. The highest BCUT2D eigenvalue weighted by Crippen LogP contribution is 2.22. The molecular weight excluding hydrogens is 318 g/mol. The van der Waals surface area contributed by atoms with Crippen LogP contribution < -0.4 is 20.9 Å².